The van der Waals surface area contributed by atoms with E-state index in [0.717, 1.165) is 23.7 Å². The van der Waals surface area contributed by atoms with Crippen LogP contribution in [-0.4, -0.2) is 23.4 Å². The van der Waals surface area contributed by atoms with Crippen LogP contribution < -0.4 is 5.73 Å². The van der Waals surface area contributed by atoms with Crippen LogP contribution in [-0.2, 0) is 11.3 Å². The first-order chi connectivity index (χ1) is 10.5. The minimum Gasteiger partial charge on any atom is -0.335 e. The van der Waals surface area contributed by atoms with Crippen LogP contribution in [0.3, 0.4) is 0 Å². The van der Waals surface area contributed by atoms with E-state index in [2.05, 4.69) is 22.5 Å². The van der Waals surface area contributed by atoms with E-state index >= 15 is 0 Å². The smallest absolute Gasteiger partial charge is 0.223 e. The monoisotopic (exact) mass is 404 g/mol. The number of hydrogen-bond donors (Lipinski definition) is 1. The molecule has 6 heteroatoms. The van der Waals surface area contributed by atoms with E-state index in [0.29, 0.717) is 18.5 Å². The van der Waals surface area contributed by atoms with Gasteiger partial charge in [-0.15, -0.1) is 19.0 Å². The van der Waals surface area contributed by atoms with Crippen LogP contribution in [0, 0.1) is 11.7 Å². The highest BCUT2D eigenvalue weighted by molar-refractivity contribution is 9.10. The molecular formula is C17H23BrClFN2O. The molecule has 0 bridgehead atoms. The van der Waals surface area contributed by atoms with Crippen LogP contribution in [0.1, 0.15) is 31.2 Å². The van der Waals surface area contributed by atoms with Crippen molar-refractivity contribution in [1.82, 2.24) is 4.90 Å². The summed E-state index contributed by atoms with van der Waals surface area (Å²) in [5.41, 5.74) is 6.54. The van der Waals surface area contributed by atoms with Crippen LogP contribution in [0.2, 0.25) is 0 Å². The number of halogens is 3. The van der Waals surface area contributed by atoms with Gasteiger partial charge in [0.25, 0.3) is 0 Å². The summed E-state index contributed by atoms with van der Waals surface area (Å²) in [5.74, 6) is -0.0450. The molecule has 0 saturated heterocycles. The maximum atomic E-state index is 13.9. The van der Waals surface area contributed by atoms with Crippen molar-refractivity contribution in [3.8, 4) is 0 Å². The van der Waals surface area contributed by atoms with Crippen molar-refractivity contribution in [2.24, 2.45) is 11.7 Å². The van der Waals surface area contributed by atoms with E-state index in [-0.39, 0.29) is 42.6 Å². The molecule has 128 valence electrons. The molecule has 3 nitrogen and oxygen atoms in total. The maximum absolute atomic E-state index is 13.9. The summed E-state index contributed by atoms with van der Waals surface area (Å²) in [6.07, 6.45) is 5.17. The Bertz CT molecular complexity index is 555. The van der Waals surface area contributed by atoms with Gasteiger partial charge in [0.15, 0.2) is 0 Å². The van der Waals surface area contributed by atoms with E-state index < -0.39 is 0 Å². The molecule has 1 saturated carbocycles. The van der Waals surface area contributed by atoms with E-state index in [1.807, 2.05) is 0 Å². The van der Waals surface area contributed by atoms with Crippen molar-refractivity contribution in [2.75, 3.05) is 6.54 Å². The molecule has 0 spiro atoms. The molecule has 23 heavy (non-hydrogen) atoms. The van der Waals surface area contributed by atoms with Gasteiger partial charge in [0, 0.05) is 35.6 Å². The largest absolute Gasteiger partial charge is 0.335 e. The Hall–Kier alpha value is -0.910. The molecule has 0 aliphatic heterocycles. The first-order valence-electron chi connectivity index (χ1n) is 7.59. The highest BCUT2D eigenvalue weighted by Crippen LogP contribution is 2.28. The van der Waals surface area contributed by atoms with Gasteiger partial charge in [-0.25, -0.2) is 4.39 Å². The van der Waals surface area contributed by atoms with Crippen molar-refractivity contribution in [3.05, 3.63) is 46.7 Å². The Morgan fingerprint density at radius 1 is 1.48 bits per heavy atom. The van der Waals surface area contributed by atoms with Gasteiger partial charge < -0.3 is 10.6 Å². The van der Waals surface area contributed by atoms with Gasteiger partial charge in [0.05, 0.1) is 0 Å². The molecule has 2 N–H and O–H groups in total. The number of carbonyl (C=O) groups excluding carboxylic acids is 1. The molecule has 1 amide bonds. The summed E-state index contributed by atoms with van der Waals surface area (Å²) in [6, 6.07) is 4.87. The van der Waals surface area contributed by atoms with Gasteiger partial charge >= 0.3 is 0 Å². The topological polar surface area (TPSA) is 46.3 Å². The van der Waals surface area contributed by atoms with Crippen molar-refractivity contribution in [2.45, 2.75) is 38.3 Å². The molecule has 0 radical (unpaired) electrons. The fourth-order valence-corrected chi connectivity index (χ4v) is 3.36. The third kappa shape index (κ3) is 5.59. The minimum atomic E-state index is -0.303. The molecule has 1 aliphatic carbocycles. The zero-order valence-electron chi connectivity index (χ0n) is 13.0. The van der Waals surface area contributed by atoms with Crippen LogP contribution in [0.4, 0.5) is 4.39 Å². The summed E-state index contributed by atoms with van der Waals surface area (Å²) in [7, 11) is 0. The number of amides is 1. The second-order valence-corrected chi connectivity index (χ2v) is 6.77. The van der Waals surface area contributed by atoms with Gasteiger partial charge in [0.1, 0.15) is 5.82 Å². The van der Waals surface area contributed by atoms with Crippen LogP contribution in [0.25, 0.3) is 0 Å². The number of hydrogen-bond acceptors (Lipinski definition) is 2. The second kappa shape index (κ2) is 9.40. The normalized spacial score (nSPS) is 20.0. The second-order valence-electron chi connectivity index (χ2n) is 5.86. The average Bonchev–Trinajstić information content (AvgIpc) is 2.87. The Morgan fingerprint density at radius 2 is 2.22 bits per heavy atom. The number of benzene rings is 1. The first kappa shape index (κ1) is 20.1. The van der Waals surface area contributed by atoms with Gasteiger partial charge in [-0.1, -0.05) is 28.4 Å². The summed E-state index contributed by atoms with van der Waals surface area (Å²) in [4.78, 5) is 14.2. The number of nitrogens with zero attached hydrogens (tertiary/aromatic N) is 1. The lowest BCUT2D eigenvalue weighted by molar-refractivity contribution is -0.132. The maximum Gasteiger partial charge on any atom is 0.223 e. The number of nitrogens with two attached hydrogens (primary N) is 1. The third-order valence-electron chi connectivity index (χ3n) is 4.23. The van der Waals surface area contributed by atoms with Gasteiger partial charge in [-0.2, -0.15) is 0 Å². The van der Waals surface area contributed by atoms with Crippen LogP contribution in [0.5, 0.6) is 0 Å². The highest BCUT2D eigenvalue weighted by atomic mass is 79.9. The molecule has 2 rings (SSSR count). The predicted molar refractivity (Wildman–Crippen MR) is 96.9 cm³/mol. The Balaban J connectivity index is 0.00000264. The van der Waals surface area contributed by atoms with Crippen molar-refractivity contribution in [3.63, 3.8) is 0 Å². The van der Waals surface area contributed by atoms with E-state index in [9.17, 15) is 9.18 Å². The van der Waals surface area contributed by atoms with Gasteiger partial charge in [-0.05, 0) is 37.0 Å². The number of rotatable bonds is 6. The minimum absolute atomic E-state index is 0. The lowest BCUT2D eigenvalue weighted by atomic mass is 9.99. The van der Waals surface area contributed by atoms with E-state index in [4.69, 9.17) is 5.73 Å². The van der Waals surface area contributed by atoms with E-state index in [1.165, 1.54) is 6.07 Å². The van der Waals surface area contributed by atoms with Crippen LogP contribution in [0.15, 0.2) is 35.3 Å². The fourth-order valence-electron chi connectivity index (χ4n) is 2.95. The lowest BCUT2D eigenvalue weighted by Crippen LogP contribution is -2.35. The summed E-state index contributed by atoms with van der Waals surface area (Å²) in [5, 5.41) is 0. The molecule has 1 aromatic rings. The molecule has 0 heterocycles. The Labute approximate surface area is 151 Å². The molecular weight excluding hydrogens is 383 g/mol. The van der Waals surface area contributed by atoms with E-state index in [1.54, 1.807) is 23.1 Å². The summed E-state index contributed by atoms with van der Waals surface area (Å²) >= 11 is 3.33. The van der Waals surface area contributed by atoms with Crippen LogP contribution >= 0.6 is 28.3 Å². The molecule has 1 aromatic carbocycles. The Kier molecular flexibility index (Phi) is 8.23. The predicted octanol–water partition coefficient (Wildman–Crippen LogP) is 4.04. The van der Waals surface area contributed by atoms with Gasteiger partial charge in [0.2, 0.25) is 5.91 Å². The molecule has 2 atom stereocenters. The standard InChI is InChI=1S/C17H22BrFN2O.ClH/c1-2-8-21(11-13-9-14(18)6-7-15(13)19)17(22)10-12-4-3-5-16(12)20;/h2,6-7,9,12,16H,1,3-5,8,10-11,20H2;1H/t12-,16+;/m0./s1. The summed E-state index contributed by atoms with van der Waals surface area (Å²) < 4.78 is 14.7. The zero-order valence-corrected chi connectivity index (χ0v) is 15.4. The highest BCUT2D eigenvalue weighted by Gasteiger charge is 2.28. The SMILES string of the molecule is C=CCN(Cc1cc(Br)ccc1F)C(=O)C[C@@H]1CCC[C@H]1N.Cl. The molecule has 1 aliphatic rings. The lowest BCUT2D eigenvalue weighted by Gasteiger charge is -2.24. The molecule has 0 unspecified atom stereocenters. The Morgan fingerprint density at radius 3 is 2.83 bits per heavy atom. The average molecular weight is 406 g/mol. The number of carbonyl (C=O) groups is 1. The van der Waals surface area contributed by atoms with Crippen molar-refractivity contribution >= 4 is 34.2 Å². The molecule has 1 fully saturated rings. The van der Waals surface area contributed by atoms with Crippen molar-refractivity contribution < 1.29 is 9.18 Å². The first-order valence-corrected chi connectivity index (χ1v) is 8.38. The summed E-state index contributed by atoms with van der Waals surface area (Å²) in [6.45, 7) is 4.35. The quantitative estimate of drug-likeness (QED) is 0.726. The fraction of sp³-hybridized carbons (Fsp3) is 0.471. The van der Waals surface area contributed by atoms with Gasteiger partial charge in [-0.3, -0.25) is 4.79 Å². The molecule has 0 aromatic heterocycles. The third-order valence-corrected chi connectivity index (χ3v) is 4.72. The zero-order chi connectivity index (χ0) is 16.1. The van der Waals surface area contributed by atoms with Crippen molar-refractivity contribution in [1.29, 1.82) is 0 Å².